The molecule has 9 heteroatoms. The van der Waals surface area contributed by atoms with Crippen molar-refractivity contribution in [2.45, 2.75) is 24.4 Å². The second-order valence-corrected chi connectivity index (χ2v) is 4.09. The molecule has 0 unspecified atom stereocenters. The lowest BCUT2D eigenvalue weighted by Crippen LogP contribution is -2.15. The second-order valence-electron chi connectivity index (χ2n) is 3.53. The number of carbonyl (C=O) groups is 1. The number of pyridine rings is 1. The van der Waals surface area contributed by atoms with Gasteiger partial charge in [-0.2, -0.15) is 13.2 Å². The van der Waals surface area contributed by atoms with Crippen LogP contribution in [0, 0.1) is 0 Å². The molecule has 0 aliphatic heterocycles. The summed E-state index contributed by atoms with van der Waals surface area (Å²) in [7, 11) is 0. The van der Waals surface area contributed by atoms with Crippen LogP contribution >= 0.6 is 15.9 Å². The van der Waals surface area contributed by atoms with Crippen LogP contribution in [0.3, 0.4) is 0 Å². The largest absolute Gasteiger partial charge is 0.481 e. The van der Waals surface area contributed by atoms with Gasteiger partial charge in [0, 0.05) is 5.33 Å². The van der Waals surface area contributed by atoms with Crippen molar-refractivity contribution in [3.05, 3.63) is 28.6 Å². The zero-order valence-corrected chi connectivity index (χ0v) is 10.7. The summed E-state index contributed by atoms with van der Waals surface area (Å²) in [5, 5.41) is 8.16. The Morgan fingerprint density at radius 3 is 2.37 bits per heavy atom. The number of aliphatic carboxylic acids is 1. The molecule has 0 bridgehead atoms. The van der Waals surface area contributed by atoms with Gasteiger partial charge >= 0.3 is 12.1 Å². The fourth-order valence-corrected chi connectivity index (χ4v) is 1.88. The van der Waals surface area contributed by atoms with Crippen LogP contribution in [-0.4, -0.2) is 16.1 Å². The van der Waals surface area contributed by atoms with E-state index in [2.05, 4.69) is 20.9 Å². The van der Waals surface area contributed by atoms with Crippen LogP contribution in [0.1, 0.15) is 28.9 Å². The van der Waals surface area contributed by atoms with E-state index in [1.807, 2.05) is 0 Å². The first-order valence-electron chi connectivity index (χ1n) is 4.82. The third-order valence-electron chi connectivity index (χ3n) is 2.19. The number of rotatable bonds is 4. The molecule has 0 aliphatic carbocycles. The van der Waals surface area contributed by atoms with Gasteiger partial charge in [0.15, 0.2) is 0 Å². The van der Waals surface area contributed by atoms with Gasteiger partial charge < -0.3 is 5.11 Å². The van der Waals surface area contributed by atoms with E-state index in [0.717, 1.165) is 0 Å². The number of halogens is 6. The van der Waals surface area contributed by atoms with Gasteiger partial charge in [-0.3, -0.25) is 9.78 Å². The molecule has 3 nitrogen and oxygen atoms in total. The summed E-state index contributed by atoms with van der Waals surface area (Å²) in [4.78, 5) is 13.7. The fourth-order valence-electron chi connectivity index (χ4n) is 1.45. The first kappa shape index (κ1) is 15.8. The van der Waals surface area contributed by atoms with Gasteiger partial charge in [0.2, 0.25) is 0 Å². The van der Waals surface area contributed by atoms with Crippen LogP contribution in [0.15, 0.2) is 6.07 Å². The van der Waals surface area contributed by atoms with Crippen molar-refractivity contribution in [2.75, 3.05) is 0 Å². The van der Waals surface area contributed by atoms with Crippen molar-refractivity contribution in [3.8, 4) is 0 Å². The Labute approximate surface area is 112 Å². The molecule has 0 saturated carbocycles. The number of aromatic nitrogens is 1. The molecular formula is C10H7BrF5NO2. The van der Waals surface area contributed by atoms with E-state index in [-0.39, 0.29) is 5.33 Å². The molecule has 0 amide bonds. The molecule has 0 atom stereocenters. The van der Waals surface area contributed by atoms with Gasteiger partial charge in [-0.25, -0.2) is 8.78 Å². The van der Waals surface area contributed by atoms with E-state index in [1.165, 1.54) is 0 Å². The van der Waals surface area contributed by atoms with Gasteiger partial charge in [0.25, 0.3) is 6.43 Å². The first-order chi connectivity index (χ1) is 8.66. The quantitative estimate of drug-likeness (QED) is 0.669. The predicted octanol–water partition coefficient (Wildman–Crippen LogP) is 3.56. The van der Waals surface area contributed by atoms with Gasteiger partial charge in [-0.05, 0) is 11.6 Å². The highest BCUT2D eigenvalue weighted by Gasteiger charge is 2.35. The molecule has 0 aromatic carbocycles. The third kappa shape index (κ3) is 3.85. The summed E-state index contributed by atoms with van der Waals surface area (Å²) < 4.78 is 63.4. The highest BCUT2D eigenvalue weighted by Crippen LogP contribution is 2.35. The lowest BCUT2D eigenvalue weighted by molar-refractivity contribution is -0.139. The molecule has 0 saturated heterocycles. The Hall–Kier alpha value is -1.25. The summed E-state index contributed by atoms with van der Waals surface area (Å²) >= 11 is 2.74. The average Bonchev–Trinajstić information content (AvgIpc) is 2.26. The van der Waals surface area contributed by atoms with Crippen LogP contribution in [0.5, 0.6) is 0 Å². The van der Waals surface area contributed by atoms with E-state index >= 15 is 0 Å². The molecule has 0 fully saturated rings. The summed E-state index contributed by atoms with van der Waals surface area (Å²) in [6, 6.07) is 0.416. The van der Waals surface area contributed by atoms with Gasteiger partial charge in [0.1, 0.15) is 5.69 Å². The van der Waals surface area contributed by atoms with Gasteiger partial charge in [-0.15, -0.1) is 0 Å². The lowest BCUT2D eigenvalue weighted by Gasteiger charge is -2.15. The van der Waals surface area contributed by atoms with Crippen LogP contribution in [0.4, 0.5) is 22.0 Å². The van der Waals surface area contributed by atoms with Crippen molar-refractivity contribution in [3.63, 3.8) is 0 Å². The highest BCUT2D eigenvalue weighted by molar-refractivity contribution is 9.08. The number of hydrogen-bond donors (Lipinski definition) is 1. The zero-order chi connectivity index (χ0) is 14.8. The number of carboxylic acid groups (broad SMARTS) is 1. The van der Waals surface area contributed by atoms with Crippen molar-refractivity contribution in [2.24, 2.45) is 0 Å². The standard InChI is InChI=1S/C10H7BrF5NO2/c11-3-6-5(10(14,15)16)1-4(2-7(18)19)8(17-6)9(12)13/h1,9H,2-3H2,(H,18,19). The lowest BCUT2D eigenvalue weighted by atomic mass is 10.0. The summed E-state index contributed by atoms with van der Waals surface area (Å²) in [6.07, 6.45) is -8.88. The minimum absolute atomic E-state index is 0.366. The topological polar surface area (TPSA) is 50.2 Å². The smallest absolute Gasteiger partial charge is 0.418 e. The summed E-state index contributed by atoms with van der Waals surface area (Å²) in [5.41, 5.74) is -3.40. The third-order valence-corrected chi connectivity index (χ3v) is 2.73. The van der Waals surface area contributed by atoms with E-state index in [4.69, 9.17) is 5.11 Å². The van der Waals surface area contributed by atoms with Crippen molar-refractivity contribution in [1.29, 1.82) is 0 Å². The van der Waals surface area contributed by atoms with E-state index < -0.39 is 47.5 Å². The van der Waals surface area contributed by atoms with Crippen LogP contribution in [0.25, 0.3) is 0 Å². The maximum atomic E-state index is 12.7. The average molecular weight is 348 g/mol. The van der Waals surface area contributed by atoms with Crippen molar-refractivity contribution < 1.29 is 31.9 Å². The second kappa shape index (κ2) is 5.81. The molecule has 106 valence electrons. The van der Waals surface area contributed by atoms with Gasteiger partial charge in [0.05, 0.1) is 17.7 Å². The zero-order valence-electron chi connectivity index (χ0n) is 9.14. The van der Waals surface area contributed by atoms with Crippen molar-refractivity contribution in [1.82, 2.24) is 4.98 Å². The summed E-state index contributed by atoms with van der Waals surface area (Å²) in [5.74, 6) is -1.51. The number of carboxylic acids is 1. The van der Waals surface area contributed by atoms with E-state index in [9.17, 15) is 26.7 Å². The normalized spacial score (nSPS) is 11.9. The first-order valence-corrected chi connectivity index (χ1v) is 5.94. The SMILES string of the molecule is O=C(O)Cc1cc(C(F)(F)F)c(CBr)nc1C(F)F. The van der Waals surface area contributed by atoms with Crippen LogP contribution < -0.4 is 0 Å². The Balaban J connectivity index is 3.47. The molecule has 1 N–H and O–H groups in total. The Bertz CT molecular complexity index is 490. The molecule has 1 heterocycles. The molecule has 1 aromatic heterocycles. The highest BCUT2D eigenvalue weighted by atomic mass is 79.9. The summed E-state index contributed by atoms with van der Waals surface area (Å²) in [6.45, 7) is 0. The maximum Gasteiger partial charge on any atom is 0.418 e. The van der Waals surface area contributed by atoms with Gasteiger partial charge in [-0.1, -0.05) is 15.9 Å². The minimum atomic E-state index is -4.79. The Kier molecular flexibility index (Phi) is 4.83. The molecule has 0 spiro atoms. The molecule has 1 rings (SSSR count). The Morgan fingerprint density at radius 1 is 1.42 bits per heavy atom. The monoisotopic (exact) mass is 347 g/mol. The van der Waals surface area contributed by atoms with E-state index in [0.29, 0.717) is 6.07 Å². The molecule has 0 radical (unpaired) electrons. The molecule has 19 heavy (non-hydrogen) atoms. The Morgan fingerprint density at radius 2 is 2.00 bits per heavy atom. The maximum absolute atomic E-state index is 12.7. The van der Waals surface area contributed by atoms with Crippen LogP contribution in [-0.2, 0) is 22.7 Å². The molecule has 0 aliphatic rings. The number of nitrogens with zero attached hydrogens (tertiary/aromatic N) is 1. The number of alkyl halides is 6. The molecular weight excluding hydrogens is 341 g/mol. The van der Waals surface area contributed by atoms with Crippen LogP contribution in [0.2, 0.25) is 0 Å². The fraction of sp³-hybridized carbons (Fsp3) is 0.400. The van der Waals surface area contributed by atoms with E-state index in [1.54, 1.807) is 0 Å². The van der Waals surface area contributed by atoms with Crippen molar-refractivity contribution >= 4 is 21.9 Å². The number of hydrogen-bond acceptors (Lipinski definition) is 2. The predicted molar refractivity (Wildman–Crippen MR) is 58.2 cm³/mol. The molecule has 1 aromatic rings. The minimum Gasteiger partial charge on any atom is -0.481 e.